The third-order valence-electron chi connectivity index (χ3n) is 22.0. The van der Waals surface area contributed by atoms with Gasteiger partial charge in [-0.2, -0.15) is 0 Å². The van der Waals surface area contributed by atoms with Crippen LogP contribution in [-0.4, -0.2) is 263 Å². The van der Waals surface area contributed by atoms with Gasteiger partial charge in [0.1, 0.15) is 90.1 Å². The first-order chi connectivity index (χ1) is 42.6. The lowest BCUT2D eigenvalue weighted by atomic mass is 9.42. The molecule has 510 valence electrons. The lowest BCUT2D eigenvalue weighted by molar-refractivity contribution is -0.374. The van der Waals surface area contributed by atoms with Gasteiger partial charge in [-0.3, -0.25) is 9.78 Å². The molecule has 0 radical (unpaired) electrons. The summed E-state index contributed by atoms with van der Waals surface area (Å²) in [6.45, 7) is 13.1. The van der Waals surface area contributed by atoms with Gasteiger partial charge in [-0.05, 0) is 97.1 Å². The van der Waals surface area contributed by atoms with Crippen molar-refractivity contribution in [2.45, 2.75) is 290 Å². The molecule has 1 aromatic heterocycles. The van der Waals surface area contributed by atoms with E-state index in [1.54, 1.807) is 54.0 Å². The third kappa shape index (κ3) is 12.5. The molecule has 4 aliphatic carbocycles. The maximum atomic E-state index is 13.9. The number of aromatic nitrogens is 1. The molecule has 10 rings (SSSR count). The van der Waals surface area contributed by atoms with Crippen LogP contribution >= 0.6 is 0 Å². The topological polar surface area (TPSA) is 357 Å². The number of carbonyl (C=O) groups excluding carboxylic acids is 2. The van der Waals surface area contributed by atoms with Gasteiger partial charge in [0, 0.05) is 72.9 Å². The number of hydrogen-bond donors (Lipinski definition) is 8. The zero-order valence-electron chi connectivity index (χ0n) is 53.5. The van der Waals surface area contributed by atoms with Crippen molar-refractivity contribution in [3.8, 4) is 0 Å². The molecule has 5 aliphatic heterocycles. The summed E-state index contributed by atoms with van der Waals surface area (Å²) in [5.74, 6) is -1.94. The second-order valence-electron chi connectivity index (χ2n) is 26.8. The highest BCUT2D eigenvalue weighted by atomic mass is 16.8. The first kappa shape index (κ1) is 69.8. The van der Waals surface area contributed by atoms with Crippen LogP contribution in [0.1, 0.15) is 130 Å². The molecule has 27 heteroatoms. The van der Waals surface area contributed by atoms with Gasteiger partial charge < -0.3 is 117 Å². The van der Waals surface area contributed by atoms with E-state index in [1.807, 2.05) is 19.9 Å². The number of pyridine rings is 1. The van der Waals surface area contributed by atoms with Gasteiger partial charge in [0.2, 0.25) is 0 Å². The molecule has 3 saturated carbocycles. The molecule has 9 aliphatic rings. The average molecular weight is 1280 g/mol. The fourth-order valence-corrected chi connectivity index (χ4v) is 16.8. The molecule has 0 aromatic carbocycles. The average Bonchev–Trinajstić information content (AvgIpc) is 1.37. The number of nitrogens with zero attached hydrogens (tertiary/aromatic N) is 1. The minimum absolute atomic E-state index is 0.0292. The van der Waals surface area contributed by atoms with E-state index in [0.717, 1.165) is 5.57 Å². The molecule has 1 aromatic rings. The van der Waals surface area contributed by atoms with Gasteiger partial charge in [-0.1, -0.05) is 25.5 Å². The SMILES string of the molecule is CO[C@H]1[C@@H](O)[C@H](O[C@@H]2[C@@H](C)O[C@@H](O[C@@H]3[C@@H](C)O[C@@H](O[C@H]4[C@@H](OC)C[C@H](O[C@H]5CC[C@@]6(C)C(=CC[C@]7(O)[C@@H]6CC(OC(=O)c6cccnc6)[C@@]6(C)[C@]7(O)CC[C@]6(O)C(C)OC(C)=O)C5)O[C@@H]4C)C[C@H]3OC)C[C@H]2OC)O[C@H](C)[C@H]1O[C@@H]1O[C@H](CO)[C@@H](O)[C@H](O)[C@H]1O. The van der Waals surface area contributed by atoms with Crippen molar-refractivity contribution in [3.63, 3.8) is 0 Å². The molecule has 0 amide bonds. The van der Waals surface area contributed by atoms with Gasteiger partial charge in [0.15, 0.2) is 31.5 Å². The van der Waals surface area contributed by atoms with Crippen LogP contribution in [0.5, 0.6) is 0 Å². The van der Waals surface area contributed by atoms with Crippen LogP contribution in [0, 0.1) is 16.7 Å². The Hall–Kier alpha value is -3.05. The molecular weight excluding hydrogens is 1190 g/mol. The van der Waals surface area contributed by atoms with Crippen molar-refractivity contribution in [3.05, 3.63) is 41.7 Å². The smallest absolute Gasteiger partial charge is 0.339 e. The Morgan fingerprint density at radius 2 is 1.22 bits per heavy atom. The van der Waals surface area contributed by atoms with E-state index in [-0.39, 0.29) is 50.2 Å². The van der Waals surface area contributed by atoms with Crippen LogP contribution in [0.4, 0.5) is 0 Å². The Bertz CT molecular complexity index is 2630. The van der Waals surface area contributed by atoms with E-state index < -0.39 is 200 Å². The van der Waals surface area contributed by atoms with Crippen LogP contribution in [0.3, 0.4) is 0 Å². The Labute approximate surface area is 525 Å². The van der Waals surface area contributed by atoms with E-state index in [9.17, 15) is 50.4 Å². The first-order valence-electron chi connectivity index (χ1n) is 31.8. The largest absolute Gasteiger partial charge is 0.460 e. The van der Waals surface area contributed by atoms with Gasteiger partial charge in [-0.15, -0.1) is 0 Å². The van der Waals surface area contributed by atoms with Crippen molar-refractivity contribution in [1.29, 1.82) is 0 Å². The fourth-order valence-electron chi connectivity index (χ4n) is 16.8. The monoisotopic (exact) mass is 1280 g/mol. The van der Waals surface area contributed by atoms with Crippen LogP contribution < -0.4 is 0 Å². The number of rotatable bonds is 19. The van der Waals surface area contributed by atoms with Crippen LogP contribution in [0.25, 0.3) is 0 Å². The standard InChI is InChI=1S/C63H97NO26/c1-29-51(87-45-24-39(76-10)52(30(2)80-45)88-46-25-40(77-11)53(31(3)81-46)89-58-50(70)55(78-12)54(32(4)82-58)90-57-49(69)48(68)47(67)41(28-65)85-57)38(75-9)23-44(79-29)84-37-16-17-59(7)36(22-37)15-18-62(73)42(59)26-43(86-56(71)35-14-13-21-64-27-35)60(8)61(72,19-20-63(60,62)74)33(5)83-34(6)66/h13-15,21,27,29-33,37-55,57-58,65,67-70,72-74H,16-20,22-26,28H2,1-12H3/t29-,30-,31-,32-,33?,37+,38+,39-,40-,41-,42-,43?,44+,45+,46+,47-,48+,49-,50-,51-,52-,53-,54-,55+,57+,58+,59+,60-,61+,62+,63-/m1/s1. The number of methoxy groups -OCH3 is 4. The maximum Gasteiger partial charge on any atom is 0.339 e. The number of esters is 2. The van der Waals surface area contributed by atoms with E-state index in [0.29, 0.717) is 25.7 Å². The molecular formula is C63H97NO26. The van der Waals surface area contributed by atoms with Crippen molar-refractivity contribution in [1.82, 2.24) is 4.98 Å². The summed E-state index contributed by atoms with van der Waals surface area (Å²) in [5, 5.41) is 91.6. The number of ether oxygens (including phenoxy) is 16. The van der Waals surface area contributed by atoms with E-state index in [1.165, 1.54) is 33.5 Å². The van der Waals surface area contributed by atoms with Crippen LogP contribution in [-0.2, 0) is 80.6 Å². The van der Waals surface area contributed by atoms with E-state index >= 15 is 0 Å². The second kappa shape index (κ2) is 27.6. The Balaban J connectivity index is 0.735. The van der Waals surface area contributed by atoms with Gasteiger partial charge in [-0.25, -0.2) is 4.79 Å². The van der Waals surface area contributed by atoms with E-state index in [2.05, 4.69) is 11.9 Å². The van der Waals surface area contributed by atoms with Gasteiger partial charge in [0.25, 0.3) is 0 Å². The minimum Gasteiger partial charge on any atom is -0.460 e. The normalized spacial score (nSPS) is 49.1. The maximum absolute atomic E-state index is 13.9. The first-order valence-corrected chi connectivity index (χ1v) is 31.8. The van der Waals surface area contributed by atoms with E-state index in [4.69, 9.17) is 75.8 Å². The molecule has 27 nitrogen and oxygen atoms in total. The number of aliphatic hydroxyl groups is 8. The van der Waals surface area contributed by atoms with Gasteiger partial charge >= 0.3 is 11.9 Å². The Morgan fingerprint density at radius 1 is 0.667 bits per heavy atom. The number of aliphatic hydroxyl groups excluding tert-OH is 5. The highest BCUT2D eigenvalue weighted by Gasteiger charge is 2.81. The lowest BCUT2D eigenvalue weighted by Crippen LogP contribution is -2.78. The molecule has 90 heavy (non-hydrogen) atoms. The zero-order valence-corrected chi connectivity index (χ0v) is 53.5. The molecule has 8 fully saturated rings. The molecule has 6 heterocycles. The third-order valence-corrected chi connectivity index (χ3v) is 22.0. The molecule has 31 atom stereocenters. The predicted octanol–water partition coefficient (Wildman–Crippen LogP) is 1.39. The summed E-state index contributed by atoms with van der Waals surface area (Å²) in [5.41, 5.74) is -6.79. The Morgan fingerprint density at radius 3 is 1.77 bits per heavy atom. The van der Waals surface area contributed by atoms with Crippen LogP contribution in [0.2, 0.25) is 0 Å². The van der Waals surface area contributed by atoms with Crippen LogP contribution in [0.15, 0.2) is 36.2 Å². The summed E-state index contributed by atoms with van der Waals surface area (Å²) in [6.07, 6.45) is -15.8. The molecule has 5 saturated heterocycles. The molecule has 8 N–H and O–H groups in total. The highest BCUT2D eigenvalue weighted by Crippen LogP contribution is 2.71. The number of hydrogen-bond acceptors (Lipinski definition) is 27. The van der Waals surface area contributed by atoms with Crippen molar-refractivity contribution >= 4 is 11.9 Å². The summed E-state index contributed by atoms with van der Waals surface area (Å²) in [4.78, 5) is 30.3. The highest BCUT2D eigenvalue weighted by molar-refractivity contribution is 5.89. The lowest BCUT2D eigenvalue weighted by Gasteiger charge is -2.67. The second-order valence-corrected chi connectivity index (χ2v) is 26.8. The quantitative estimate of drug-likeness (QED) is 0.0716. The van der Waals surface area contributed by atoms with Crippen molar-refractivity contribution < 1.29 is 126 Å². The predicted molar refractivity (Wildman–Crippen MR) is 308 cm³/mol. The molecule has 0 spiro atoms. The summed E-state index contributed by atoms with van der Waals surface area (Å²) in [7, 11) is 6.09. The summed E-state index contributed by atoms with van der Waals surface area (Å²) >= 11 is 0. The number of fused-ring (bicyclic) bond motifs is 5. The fraction of sp³-hybridized carbons (Fsp3) is 0.857. The Kier molecular flexibility index (Phi) is 21.4. The van der Waals surface area contributed by atoms with Crippen molar-refractivity contribution in [2.75, 3.05) is 35.0 Å². The minimum atomic E-state index is -1.99. The van der Waals surface area contributed by atoms with Gasteiger partial charge in [0.05, 0.1) is 66.4 Å². The molecule has 0 bridgehead atoms. The van der Waals surface area contributed by atoms with Crippen molar-refractivity contribution in [2.24, 2.45) is 16.7 Å². The summed E-state index contributed by atoms with van der Waals surface area (Å²) < 4.78 is 99.4. The summed E-state index contributed by atoms with van der Waals surface area (Å²) in [6, 6.07) is 3.19. The molecule has 2 unspecified atom stereocenters. The zero-order chi connectivity index (χ0) is 65.2. The number of carbonyl (C=O) groups is 2.